The molecule has 2 fully saturated rings. The molecule has 1 saturated carbocycles. The lowest BCUT2D eigenvalue weighted by Crippen LogP contribution is -2.49. The second-order valence-electron chi connectivity index (χ2n) is 5.79. The largest absolute Gasteiger partial charge is 0.491 e. The third kappa shape index (κ3) is 2.88. The van der Waals surface area contributed by atoms with Gasteiger partial charge in [0, 0.05) is 13.2 Å². The highest BCUT2D eigenvalue weighted by Crippen LogP contribution is 2.42. The molecule has 1 aromatic rings. The van der Waals surface area contributed by atoms with Crippen LogP contribution in [-0.2, 0) is 9.53 Å². The minimum atomic E-state index is -0.279. The number of likely N-dealkylation sites (tertiary alicyclic amines) is 1. The molecule has 2 aliphatic rings. The monoisotopic (exact) mass is 293 g/mol. The van der Waals surface area contributed by atoms with Crippen molar-refractivity contribution in [2.24, 2.45) is 5.92 Å². The van der Waals surface area contributed by atoms with Gasteiger partial charge in [-0.1, -0.05) is 0 Å². The highest BCUT2D eigenvalue weighted by molar-refractivity contribution is 5.78. The second-order valence-corrected chi connectivity index (χ2v) is 5.79. The van der Waals surface area contributed by atoms with Crippen LogP contribution in [0.4, 0.5) is 4.39 Å². The summed E-state index contributed by atoms with van der Waals surface area (Å²) in [5.74, 6) is 0.908. The number of carbonyl (C=O) groups is 1. The van der Waals surface area contributed by atoms with Crippen LogP contribution in [0.3, 0.4) is 0 Å². The summed E-state index contributed by atoms with van der Waals surface area (Å²) in [5, 5.41) is 0. The van der Waals surface area contributed by atoms with E-state index in [-0.39, 0.29) is 24.4 Å². The highest BCUT2D eigenvalue weighted by atomic mass is 19.1. The number of methoxy groups -OCH3 is 1. The van der Waals surface area contributed by atoms with Crippen molar-refractivity contribution in [2.75, 3.05) is 20.3 Å². The van der Waals surface area contributed by atoms with Gasteiger partial charge < -0.3 is 14.4 Å². The van der Waals surface area contributed by atoms with Gasteiger partial charge in [-0.2, -0.15) is 0 Å². The Bertz CT molecular complexity index is 505. The zero-order chi connectivity index (χ0) is 14.8. The van der Waals surface area contributed by atoms with Crippen LogP contribution < -0.4 is 4.74 Å². The topological polar surface area (TPSA) is 38.8 Å². The number of piperidine rings is 1. The SMILES string of the molecule is COCC(=O)N1[C@H]2CC[C@@H](C2)[C@@H]1COc1ccc(F)cc1. The fourth-order valence-corrected chi connectivity index (χ4v) is 3.61. The average Bonchev–Trinajstić information content (AvgIpc) is 3.07. The number of hydrogen-bond acceptors (Lipinski definition) is 3. The molecule has 0 aromatic heterocycles. The Hall–Kier alpha value is -1.62. The van der Waals surface area contributed by atoms with Gasteiger partial charge in [-0.25, -0.2) is 4.39 Å². The molecule has 1 aromatic carbocycles. The molecule has 5 heteroatoms. The van der Waals surface area contributed by atoms with E-state index in [1.165, 1.54) is 19.2 Å². The molecule has 0 unspecified atom stereocenters. The van der Waals surface area contributed by atoms with Gasteiger partial charge in [-0.3, -0.25) is 4.79 Å². The van der Waals surface area contributed by atoms with E-state index in [0.29, 0.717) is 24.3 Å². The van der Waals surface area contributed by atoms with Crippen LogP contribution >= 0.6 is 0 Å². The Labute approximate surface area is 123 Å². The molecule has 3 atom stereocenters. The van der Waals surface area contributed by atoms with Crippen molar-refractivity contribution in [3.63, 3.8) is 0 Å². The number of benzene rings is 1. The molecule has 1 aliphatic carbocycles. The van der Waals surface area contributed by atoms with E-state index in [1.807, 2.05) is 4.90 Å². The number of carbonyl (C=O) groups excluding carboxylic acids is 1. The first-order valence-corrected chi connectivity index (χ1v) is 7.37. The maximum absolute atomic E-state index is 12.9. The van der Waals surface area contributed by atoms with Crippen LogP contribution in [0.5, 0.6) is 5.75 Å². The van der Waals surface area contributed by atoms with Crippen molar-refractivity contribution in [3.05, 3.63) is 30.1 Å². The minimum absolute atomic E-state index is 0.0393. The smallest absolute Gasteiger partial charge is 0.249 e. The fourth-order valence-electron chi connectivity index (χ4n) is 3.61. The molecule has 1 saturated heterocycles. The Morgan fingerprint density at radius 2 is 2.10 bits per heavy atom. The molecule has 1 heterocycles. The van der Waals surface area contributed by atoms with Crippen molar-refractivity contribution < 1.29 is 18.7 Å². The summed E-state index contributed by atoms with van der Waals surface area (Å²) in [6, 6.07) is 6.43. The fraction of sp³-hybridized carbons (Fsp3) is 0.562. The van der Waals surface area contributed by atoms with Gasteiger partial charge in [-0.05, 0) is 49.4 Å². The summed E-state index contributed by atoms with van der Waals surface area (Å²) >= 11 is 0. The van der Waals surface area contributed by atoms with Crippen molar-refractivity contribution in [1.82, 2.24) is 4.90 Å². The Kier molecular flexibility index (Phi) is 4.10. The maximum atomic E-state index is 12.9. The van der Waals surface area contributed by atoms with E-state index in [4.69, 9.17) is 9.47 Å². The van der Waals surface area contributed by atoms with Crippen LogP contribution in [0.1, 0.15) is 19.3 Å². The van der Waals surface area contributed by atoms with Gasteiger partial charge in [0.15, 0.2) is 0 Å². The van der Waals surface area contributed by atoms with Crippen molar-refractivity contribution >= 4 is 5.91 Å². The van der Waals surface area contributed by atoms with E-state index < -0.39 is 0 Å². The minimum Gasteiger partial charge on any atom is -0.491 e. The normalized spacial score (nSPS) is 27.1. The molecular weight excluding hydrogens is 273 g/mol. The summed E-state index contributed by atoms with van der Waals surface area (Å²) in [7, 11) is 1.54. The number of fused-ring (bicyclic) bond motifs is 2. The summed E-state index contributed by atoms with van der Waals surface area (Å²) in [6.07, 6.45) is 3.29. The molecular formula is C16H20FNO3. The van der Waals surface area contributed by atoms with Gasteiger partial charge >= 0.3 is 0 Å². The van der Waals surface area contributed by atoms with Crippen molar-refractivity contribution in [1.29, 1.82) is 0 Å². The van der Waals surface area contributed by atoms with E-state index in [1.54, 1.807) is 12.1 Å². The van der Waals surface area contributed by atoms with Gasteiger partial charge in [0.25, 0.3) is 0 Å². The van der Waals surface area contributed by atoms with Crippen LogP contribution in [0.15, 0.2) is 24.3 Å². The van der Waals surface area contributed by atoms with Crippen LogP contribution in [0, 0.1) is 11.7 Å². The van der Waals surface area contributed by atoms with E-state index in [2.05, 4.69) is 0 Å². The predicted molar refractivity (Wildman–Crippen MR) is 75.5 cm³/mol. The molecule has 0 spiro atoms. The van der Waals surface area contributed by atoms with Crippen LogP contribution in [-0.4, -0.2) is 43.2 Å². The molecule has 2 bridgehead atoms. The number of halogens is 1. The van der Waals surface area contributed by atoms with Crippen LogP contribution in [0.2, 0.25) is 0 Å². The molecule has 114 valence electrons. The summed E-state index contributed by atoms with van der Waals surface area (Å²) in [6.45, 7) is 0.582. The van der Waals surface area contributed by atoms with Crippen LogP contribution in [0.25, 0.3) is 0 Å². The standard InChI is InChI=1S/C16H20FNO3/c1-20-10-16(19)18-13-5-2-11(8-13)15(18)9-21-14-6-3-12(17)4-7-14/h3-4,6-7,11,13,15H,2,5,8-10H2,1H3/t11-,13-,15-/m0/s1. The van der Waals surface area contributed by atoms with E-state index >= 15 is 0 Å². The quantitative estimate of drug-likeness (QED) is 0.835. The summed E-state index contributed by atoms with van der Waals surface area (Å²) in [4.78, 5) is 14.1. The molecule has 1 amide bonds. The number of nitrogens with zero attached hydrogens (tertiary/aromatic N) is 1. The maximum Gasteiger partial charge on any atom is 0.249 e. The molecule has 0 N–H and O–H groups in total. The molecule has 4 nitrogen and oxygen atoms in total. The first-order valence-electron chi connectivity index (χ1n) is 7.37. The zero-order valence-corrected chi connectivity index (χ0v) is 12.1. The lowest BCUT2D eigenvalue weighted by atomic mass is 9.99. The van der Waals surface area contributed by atoms with E-state index in [9.17, 15) is 9.18 Å². The average molecular weight is 293 g/mol. The van der Waals surface area contributed by atoms with Crippen molar-refractivity contribution in [2.45, 2.75) is 31.3 Å². The Morgan fingerprint density at radius 3 is 2.81 bits per heavy atom. The van der Waals surface area contributed by atoms with Gasteiger partial charge in [0.05, 0.1) is 6.04 Å². The number of amides is 1. The number of rotatable bonds is 5. The Balaban J connectivity index is 1.65. The molecule has 21 heavy (non-hydrogen) atoms. The third-order valence-electron chi connectivity index (χ3n) is 4.53. The van der Waals surface area contributed by atoms with E-state index in [0.717, 1.165) is 19.3 Å². The second kappa shape index (κ2) is 6.02. The number of ether oxygens (including phenoxy) is 2. The number of hydrogen-bond donors (Lipinski definition) is 0. The summed E-state index contributed by atoms with van der Waals surface area (Å²) in [5.41, 5.74) is 0. The van der Waals surface area contributed by atoms with Gasteiger partial charge in [0.1, 0.15) is 24.8 Å². The zero-order valence-electron chi connectivity index (χ0n) is 12.1. The predicted octanol–water partition coefficient (Wildman–Crippen LogP) is 2.23. The molecule has 0 radical (unpaired) electrons. The summed E-state index contributed by atoms with van der Waals surface area (Å²) < 4.78 is 23.6. The molecule has 1 aliphatic heterocycles. The van der Waals surface area contributed by atoms with Gasteiger partial charge in [0.2, 0.25) is 5.91 Å². The lowest BCUT2D eigenvalue weighted by molar-refractivity contribution is -0.140. The van der Waals surface area contributed by atoms with Crippen molar-refractivity contribution in [3.8, 4) is 5.75 Å². The highest BCUT2D eigenvalue weighted by Gasteiger charge is 2.48. The molecule has 3 rings (SSSR count). The lowest BCUT2D eigenvalue weighted by Gasteiger charge is -2.35. The first-order chi connectivity index (χ1) is 10.2. The Morgan fingerprint density at radius 1 is 1.33 bits per heavy atom. The van der Waals surface area contributed by atoms with Gasteiger partial charge in [-0.15, -0.1) is 0 Å². The first kappa shape index (κ1) is 14.3. The third-order valence-corrected chi connectivity index (χ3v) is 4.53.